The van der Waals surface area contributed by atoms with Gasteiger partial charge in [-0.2, -0.15) is 4.98 Å². The van der Waals surface area contributed by atoms with E-state index in [4.69, 9.17) is 4.74 Å². The molecule has 0 fully saturated rings. The topological polar surface area (TPSA) is 47.9 Å². The first-order chi connectivity index (χ1) is 4.74. The largest absolute Gasteiger partial charge is 0.480 e. The lowest BCUT2D eigenvalue weighted by Crippen LogP contribution is -1.99. The van der Waals surface area contributed by atoms with Crippen LogP contribution in [0.3, 0.4) is 0 Å². The van der Waals surface area contributed by atoms with Crippen LogP contribution in [-0.4, -0.2) is 22.3 Å². The highest BCUT2D eigenvalue weighted by Crippen LogP contribution is 2.07. The van der Waals surface area contributed by atoms with E-state index in [-0.39, 0.29) is 0 Å². The lowest BCUT2D eigenvalue weighted by atomic mass is 10.5. The molecule has 10 heavy (non-hydrogen) atoms. The van der Waals surface area contributed by atoms with Crippen LogP contribution in [0.1, 0.15) is 11.5 Å². The van der Waals surface area contributed by atoms with Crippen molar-refractivity contribution in [2.45, 2.75) is 13.8 Å². The second-order valence-corrected chi connectivity index (χ2v) is 1.95. The third-order valence-corrected chi connectivity index (χ3v) is 1.11. The van der Waals surface area contributed by atoms with Gasteiger partial charge in [0, 0.05) is 0 Å². The van der Waals surface area contributed by atoms with Gasteiger partial charge >= 0.3 is 0 Å². The van der Waals surface area contributed by atoms with Crippen molar-refractivity contribution >= 4 is 0 Å². The number of ether oxygens (including phenoxy) is 1. The molecule has 0 saturated heterocycles. The van der Waals surface area contributed by atoms with Crippen molar-refractivity contribution in [3.05, 3.63) is 11.5 Å². The molecule has 0 bridgehead atoms. The SMILES string of the molecule is COc1nc(C)nnc1C. The molecule has 4 nitrogen and oxygen atoms in total. The van der Waals surface area contributed by atoms with Gasteiger partial charge in [-0.15, -0.1) is 10.2 Å². The van der Waals surface area contributed by atoms with E-state index in [2.05, 4.69) is 15.2 Å². The van der Waals surface area contributed by atoms with E-state index in [0.717, 1.165) is 0 Å². The highest BCUT2D eigenvalue weighted by molar-refractivity contribution is 5.14. The maximum atomic E-state index is 4.91. The summed E-state index contributed by atoms with van der Waals surface area (Å²) in [5.41, 5.74) is 0.716. The molecule has 0 aliphatic carbocycles. The normalized spacial score (nSPS) is 9.50. The first-order valence-corrected chi connectivity index (χ1v) is 2.96. The maximum absolute atomic E-state index is 4.91. The fourth-order valence-electron chi connectivity index (χ4n) is 0.634. The van der Waals surface area contributed by atoms with Crippen LogP contribution in [0.2, 0.25) is 0 Å². The van der Waals surface area contributed by atoms with Gasteiger partial charge in [-0.05, 0) is 13.8 Å². The zero-order valence-electron chi connectivity index (χ0n) is 6.25. The summed E-state index contributed by atoms with van der Waals surface area (Å²) in [6.45, 7) is 3.58. The zero-order valence-corrected chi connectivity index (χ0v) is 6.25. The minimum Gasteiger partial charge on any atom is -0.480 e. The Morgan fingerprint density at radius 1 is 1.20 bits per heavy atom. The van der Waals surface area contributed by atoms with Crippen LogP contribution in [0.5, 0.6) is 5.88 Å². The molecule has 1 aromatic heterocycles. The van der Waals surface area contributed by atoms with Gasteiger partial charge < -0.3 is 4.74 Å². The standard InChI is InChI=1S/C6H9N3O/c1-4-6(10-3)7-5(2)9-8-4/h1-3H3. The molecule has 0 unspecified atom stereocenters. The predicted octanol–water partition coefficient (Wildman–Crippen LogP) is 0.497. The average Bonchev–Trinajstić information content (AvgIpc) is 1.94. The number of nitrogens with zero attached hydrogens (tertiary/aromatic N) is 3. The Balaban J connectivity index is 3.09. The number of hydrogen-bond acceptors (Lipinski definition) is 4. The summed E-state index contributed by atoms with van der Waals surface area (Å²) in [5, 5.41) is 7.56. The fraction of sp³-hybridized carbons (Fsp3) is 0.500. The molecular weight excluding hydrogens is 130 g/mol. The first-order valence-electron chi connectivity index (χ1n) is 2.96. The third kappa shape index (κ3) is 1.21. The van der Waals surface area contributed by atoms with Gasteiger partial charge in [-0.25, -0.2) is 0 Å². The van der Waals surface area contributed by atoms with E-state index in [1.807, 2.05) is 0 Å². The summed E-state index contributed by atoms with van der Waals surface area (Å²) in [5.74, 6) is 1.18. The molecule has 0 aromatic carbocycles. The molecule has 0 aliphatic rings. The Hall–Kier alpha value is -1.19. The molecule has 1 aromatic rings. The smallest absolute Gasteiger partial charge is 0.238 e. The monoisotopic (exact) mass is 139 g/mol. The van der Waals surface area contributed by atoms with E-state index in [1.165, 1.54) is 0 Å². The molecule has 0 N–H and O–H groups in total. The van der Waals surface area contributed by atoms with Crippen molar-refractivity contribution < 1.29 is 4.74 Å². The Labute approximate surface area is 59.3 Å². The van der Waals surface area contributed by atoms with E-state index in [0.29, 0.717) is 17.4 Å². The molecule has 0 spiro atoms. The van der Waals surface area contributed by atoms with Crippen molar-refractivity contribution in [2.24, 2.45) is 0 Å². The molecule has 0 atom stereocenters. The third-order valence-electron chi connectivity index (χ3n) is 1.11. The van der Waals surface area contributed by atoms with Gasteiger partial charge in [-0.3, -0.25) is 0 Å². The van der Waals surface area contributed by atoms with Crippen molar-refractivity contribution in [1.82, 2.24) is 15.2 Å². The molecule has 0 saturated carbocycles. The quantitative estimate of drug-likeness (QED) is 0.568. The summed E-state index contributed by atoms with van der Waals surface area (Å²) in [6.07, 6.45) is 0. The summed E-state index contributed by atoms with van der Waals surface area (Å²) < 4.78 is 4.91. The van der Waals surface area contributed by atoms with Gasteiger partial charge in [-0.1, -0.05) is 0 Å². The van der Waals surface area contributed by atoms with Crippen LogP contribution in [0.15, 0.2) is 0 Å². The number of aromatic nitrogens is 3. The Morgan fingerprint density at radius 3 is 2.40 bits per heavy atom. The van der Waals surface area contributed by atoms with Crippen LogP contribution in [0, 0.1) is 13.8 Å². The summed E-state index contributed by atoms with van der Waals surface area (Å²) in [4.78, 5) is 4.00. The highest BCUT2D eigenvalue weighted by atomic mass is 16.5. The first kappa shape index (κ1) is 6.92. The summed E-state index contributed by atoms with van der Waals surface area (Å²) in [6, 6.07) is 0. The van der Waals surface area contributed by atoms with E-state index in [1.54, 1.807) is 21.0 Å². The minimum absolute atomic E-state index is 0.549. The second-order valence-electron chi connectivity index (χ2n) is 1.95. The molecule has 1 rings (SSSR count). The Bertz CT molecular complexity index is 236. The van der Waals surface area contributed by atoms with Crippen LogP contribution < -0.4 is 4.74 Å². The molecular formula is C6H9N3O. The second kappa shape index (κ2) is 2.60. The van der Waals surface area contributed by atoms with Gasteiger partial charge in [0.2, 0.25) is 5.88 Å². The van der Waals surface area contributed by atoms with Crippen molar-refractivity contribution in [3.8, 4) is 5.88 Å². The number of methoxy groups -OCH3 is 1. The van der Waals surface area contributed by atoms with Crippen molar-refractivity contribution in [1.29, 1.82) is 0 Å². The van der Waals surface area contributed by atoms with Crippen LogP contribution in [-0.2, 0) is 0 Å². The Morgan fingerprint density at radius 2 is 1.90 bits per heavy atom. The number of rotatable bonds is 1. The molecule has 0 amide bonds. The molecule has 4 heteroatoms. The minimum atomic E-state index is 0.549. The summed E-state index contributed by atoms with van der Waals surface area (Å²) >= 11 is 0. The van der Waals surface area contributed by atoms with Crippen molar-refractivity contribution in [3.63, 3.8) is 0 Å². The molecule has 0 aliphatic heterocycles. The van der Waals surface area contributed by atoms with Gasteiger partial charge in [0.05, 0.1) is 7.11 Å². The van der Waals surface area contributed by atoms with Crippen LogP contribution in [0.4, 0.5) is 0 Å². The predicted molar refractivity (Wildman–Crippen MR) is 35.9 cm³/mol. The molecule has 54 valence electrons. The van der Waals surface area contributed by atoms with Crippen molar-refractivity contribution in [2.75, 3.05) is 7.11 Å². The zero-order chi connectivity index (χ0) is 7.56. The van der Waals surface area contributed by atoms with Gasteiger partial charge in [0.25, 0.3) is 0 Å². The Kier molecular flexibility index (Phi) is 1.80. The van der Waals surface area contributed by atoms with E-state index in [9.17, 15) is 0 Å². The fourth-order valence-corrected chi connectivity index (χ4v) is 0.634. The van der Waals surface area contributed by atoms with Crippen LogP contribution in [0.25, 0.3) is 0 Å². The van der Waals surface area contributed by atoms with Crippen LogP contribution >= 0.6 is 0 Å². The highest BCUT2D eigenvalue weighted by Gasteiger charge is 2.00. The summed E-state index contributed by atoms with van der Waals surface area (Å²) in [7, 11) is 1.57. The molecule has 1 heterocycles. The van der Waals surface area contributed by atoms with E-state index < -0.39 is 0 Å². The van der Waals surface area contributed by atoms with Gasteiger partial charge in [0.1, 0.15) is 5.69 Å². The maximum Gasteiger partial charge on any atom is 0.238 e. The number of hydrogen-bond donors (Lipinski definition) is 0. The molecule has 0 radical (unpaired) electrons. The lowest BCUT2D eigenvalue weighted by molar-refractivity contribution is 0.387. The number of aryl methyl sites for hydroxylation is 2. The lowest BCUT2D eigenvalue weighted by Gasteiger charge is -1.99. The van der Waals surface area contributed by atoms with E-state index >= 15 is 0 Å². The van der Waals surface area contributed by atoms with Gasteiger partial charge in [0.15, 0.2) is 5.82 Å². The average molecular weight is 139 g/mol.